The van der Waals surface area contributed by atoms with E-state index in [1.165, 1.54) is 32.7 Å². The van der Waals surface area contributed by atoms with E-state index in [-0.39, 0.29) is 11.2 Å². The first-order valence-corrected chi connectivity index (χ1v) is 9.62. The predicted molar refractivity (Wildman–Crippen MR) is 110 cm³/mol. The molecule has 0 fully saturated rings. The molecule has 0 bridgehead atoms. The SMILES string of the molecule is Cc1cc(C)c(NC(=O)[C@@H](C)Sc2c(C)c(C)cc(C)c2C)c(C)c1. The van der Waals surface area contributed by atoms with Crippen molar-refractivity contribution in [1.82, 2.24) is 0 Å². The normalized spacial score (nSPS) is 12.2. The second-order valence-corrected chi connectivity index (χ2v) is 8.46. The fourth-order valence-corrected chi connectivity index (χ4v) is 4.38. The molecule has 3 heteroatoms. The lowest BCUT2D eigenvalue weighted by Gasteiger charge is -2.19. The molecule has 0 spiro atoms. The van der Waals surface area contributed by atoms with Gasteiger partial charge in [0.25, 0.3) is 0 Å². The Balaban J connectivity index is 2.23. The molecule has 2 aromatic rings. The molecule has 0 heterocycles. The fraction of sp³-hybridized carbons (Fsp3) is 0.409. The number of hydrogen-bond donors (Lipinski definition) is 1. The van der Waals surface area contributed by atoms with E-state index in [1.54, 1.807) is 11.8 Å². The molecule has 0 aliphatic heterocycles. The maximum atomic E-state index is 12.8. The van der Waals surface area contributed by atoms with Gasteiger partial charge < -0.3 is 5.32 Å². The molecule has 0 aliphatic carbocycles. The van der Waals surface area contributed by atoms with Gasteiger partial charge in [0.15, 0.2) is 0 Å². The van der Waals surface area contributed by atoms with Gasteiger partial charge in [0.2, 0.25) is 5.91 Å². The van der Waals surface area contributed by atoms with Crippen molar-refractivity contribution in [1.29, 1.82) is 0 Å². The first-order valence-electron chi connectivity index (χ1n) is 8.74. The van der Waals surface area contributed by atoms with E-state index >= 15 is 0 Å². The summed E-state index contributed by atoms with van der Waals surface area (Å²) >= 11 is 1.66. The summed E-state index contributed by atoms with van der Waals surface area (Å²) in [6, 6.07) is 6.44. The Labute approximate surface area is 156 Å². The highest BCUT2D eigenvalue weighted by molar-refractivity contribution is 8.00. The van der Waals surface area contributed by atoms with Gasteiger partial charge in [-0.3, -0.25) is 4.79 Å². The van der Waals surface area contributed by atoms with Crippen molar-refractivity contribution in [3.63, 3.8) is 0 Å². The minimum Gasteiger partial charge on any atom is -0.325 e. The first kappa shape index (κ1) is 19.6. The Morgan fingerprint density at radius 3 is 1.80 bits per heavy atom. The molecule has 0 unspecified atom stereocenters. The molecule has 1 N–H and O–H groups in total. The summed E-state index contributed by atoms with van der Waals surface area (Å²) in [6.07, 6.45) is 0. The van der Waals surface area contributed by atoms with E-state index < -0.39 is 0 Å². The molecule has 0 saturated heterocycles. The van der Waals surface area contributed by atoms with E-state index in [2.05, 4.69) is 58.1 Å². The molecular formula is C22H29NOS. The van der Waals surface area contributed by atoms with E-state index in [0.29, 0.717) is 0 Å². The van der Waals surface area contributed by atoms with Gasteiger partial charge in [-0.15, -0.1) is 11.8 Å². The average Bonchev–Trinajstić information content (AvgIpc) is 2.52. The smallest absolute Gasteiger partial charge is 0.237 e. The molecule has 1 atom stereocenters. The van der Waals surface area contributed by atoms with Gasteiger partial charge in [-0.1, -0.05) is 23.8 Å². The van der Waals surface area contributed by atoms with Crippen LogP contribution in [-0.4, -0.2) is 11.2 Å². The maximum Gasteiger partial charge on any atom is 0.237 e. The number of nitrogens with one attached hydrogen (secondary N) is 1. The van der Waals surface area contributed by atoms with Crippen molar-refractivity contribution in [3.05, 3.63) is 57.1 Å². The molecule has 0 aromatic heterocycles. The van der Waals surface area contributed by atoms with Crippen LogP contribution in [0.3, 0.4) is 0 Å². The summed E-state index contributed by atoms with van der Waals surface area (Å²) in [4.78, 5) is 14.0. The largest absolute Gasteiger partial charge is 0.325 e. The van der Waals surface area contributed by atoms with Crippen LogP contribution in [0.25, 0.3) is 0 Å². The highest BCUT2D eigenvalue weighted by Crippen LogP contribution is 2.34. The van der Waals surface area contributed by atoms with Crippen LogP contribution in [-0.2, 0) is 4.79 Å². The number of benzene rings is 2. The maximum absolute atomic E-state index is 12.8. The molecule has 2 rings (SSSR count). The molecular weight excluding hydrogens is 326 g/mol. The lowest BCUT2D eigenvalue weighted by atomic mass is 10.0. The number of anilines is 1. The zero-order valence-corrected chi connectivity index (χ0v) is 17.4. The lowest BCUT2D eigenvalue weighted by Crippen LogP contribution is -2.23. The minimum atomic E-state index is -0.154. The van der Waals surface area contributed by atoms with Crippen molar-refractivity contribution in [3.8, 4) is 0 Å². The molecule has 0 aliphatic rings. The van der Waals surface area contributed by atoms with Crippen LogP contribution in [0.4, 0.5) is 5.69 Å². The topological polar surface area (TPSA) is 29.1 Å². The third kappa shape index (κ3) is 4.27. The average molecular weight is 356 g/mol. The summed E-state index contributed by atoms with van der Waals surface area (Å²) in [5.74, 6) is 0.0537. The molecule has 2 aromatic carbocycles. The second kappa shape index (κ2) is 7.65. The summed E-state index contributed by atoms with van der Waals surface area (Å²) in [5, 5.41) is 2.98. The second-order valence-electron chi connectivity index (χ2n) is 7.11. The molecule has 2 nitrogen and oxygen atoms in total. The third-order valence-corrected chi connectivity index (χ3v) is 6.30. The lowest BCUT2D eigenvalue weighted by molar-refractivity contribution is -0.115. The molecule has 0 radical (unpaired) electrons. The number of rotatable bonds is 4. The molecule has 134 valence electrons. The number of aryl methyl sites for hydroxylation is 5. The van der Waals surface area contributed by atoms with Crippen molar-refractivity contribution < 1.29 is 4.79 Å². The van der Waals surface area contributed by atoms with Crippen LogP contribution in [0, 0.1) is 48.5 Å². The number of carbonyl (C=O) groups excluding carboxylic acids is 1. The minimum absolute atomic E-state index is 0.0537. The molecule has 0 saturated carbocycles. The van der Waals surface area contributed by atoms with Gasteiger partial charge >= 0.3 is 0 Å². The Bertz CT molecular complexity index is 774. The van der Waals surface area contributed by atoms with Crippen LogP contribution in [0.5, 0.6) is 0 Å². The first-order chi connectivity index (χ1) is 11.6. The van der Waals surface area contributed by atoms with Gasteiger partial charge in [-0.25, -0.2) is 0 Å². The predicted octanol–water partition coefficient (Wildman–Crippen LogP) is 5.96. The van der Waals surface area contributed by atoms with Crippen molar-refractivity contribution in [2.75, 3.05) is 5.32 Å². The van der Waals surface area contributed by atoms with E-state index in [4.69, 9.17) is 0 Å². The monoisotopic (exact) mass is 355 g/mol. The fourth-order valence-electron chi connectivity index (χ4n) is 3.19. The number of amides is 1. The van der Waals surface area contributed by atoms with Crippen LogP contribution < -0.4 is 5.32 Å². The molecule has 25 heavy (non-hydrogen) atoms. The van der Waals surface area contributed by atoms with E-state index in [0.717, 1.165) is 16.8 Å². The Morgan fingerprint density at radius 2 is 1.32 bits per heavy atom. The third-order valence-electron chi connectivity index (χ3n) is 4.89. The van der Waals surface area contributed by atoms with Gasteiger partial charge in [0.1, 0.15) is 0 Å². The van der Waals surface area contributed by atoms with E-state index in [1.807, 2.05) is 20.8 Å². The van der Waals surface area contributed by atoms with Crippen LogP contribution in [0.2, 0.25) is 0 Å². The highest BCUT2D eigenvalue weighted by Gasteiger charge is 2.19. The Kier molecular flexibility index (Phi) is 5.99. The number of thioether (sulfide) groups is 1. The van der Waals surface area contributed by atoms with Crippen LogP contribution in [0.15, 0.2) is 23.1 Å². The van der Waals surface area contributed by atoms with Gasteiger partial charge in [0.05, 0.1) is 5.25 Å². The van der Waals surface area contributed by atoms with Gasteiger partial charge in [0, 0.05) is 10.6 Å². The Morgan fingerprint density at radius 1 is 0.840 bits per heavy atom. The van der Waals surface area contributed by atoms with Crippen molar-refractivity contribution in [2.45, 2.75) is 65.5 Å². The van der Waals surface area contributed by atoms with Gasteiger partial charge in [-0.05, 0) is 88.8 Å². The quantitative estimate of drug-likeness (QED) is 0.685. The van der Waals surface area contributed by atoms with Crippen molar-refractivity contribution in [2.24, 2.45) is 0 Å². The summed E-state index contributed by atoms with van der Waals surface area (Å²) in [6.45, 7) is 16.7. The van der Waals surface area contributed by atoms with E-state index in [9.17, 15) is 4.79 Å². The standard InChI is InChI=1S/C22H29NOS/c1-12-9-15(4)20(16(5)10-12)23-22(24)19(8)25-21-17(6)13(2)11-14(3)18(21)7/h9-11,19H,1-8H3,(H,23,24)/t19-/m1/s1. The summed E-state index contributed by atoms with van der Waals surface area (Å²) in [7, 11) is 0. The van der Waals surface area contributed by atoms with Crippen molar-refractivity contribution >= 4 is 23.4 Å². The number of hydrogen-bond acceptors (Lipinski definition) is 2. The van der Waals surface area contributed by atoms with Crippen LogP contribution in [0.1, 0.15) is 45.9 Å². The zero-order valence-electron chi connectivity index (χ0n) is 16.6. The van der Waals surface area contributed by atoms with Gasteiger partial charge in [-0.2, -0.15) is 0 Å². The summed E-state index contributed by atoms with van der Waals surface area (Å²) < 4.78 is 0. The highest BCUT2D eigenvalue weighted by atomic mass is 32.2. The summed E-state index contributed by atoms with van der Waals surface area (Å²) in [5.41, 5.74) is 9.50. The number of carbonyl (C=O) groups is 1. The Hall–Kier alpha value is -1.74. The van der Waals surface area contributed by atoms with Crippen LogP contribution >= 0.6 is 11.8 Å². The molecule has 1 amide bonds. The zero-order chi connectivity index (χ0) is 18.9.